The van der Waals surface area contributed by atoms with Crippen molar-refractivity contribution in [2.24, 2.45) is 10.9 Å². The van der Waals surface area contributed by atoms with Crippen LogP contribution in [0.1, 0.15) is 19.8 Å². The Labute approximate surface area is 121 Å². The predicted octanol–water partition coefficient (Wildman–Crippen LogP) is 0.106. The molecule has 0 saturated carbocycles. The predicted molar refractivity (Wildman–Crippen MR) is 74.6 cm³/mol. The fraction of sp³-hybridized carbons (Fsp3) is 0.462. The molecule has 0 radical (unpaired) electrons. The summed E-state index contributed by atoms with van der Waals surface area (Å²) >= 11 is 0. The number of urea groups is 1. The first-order valence-corrected chi connectivity index (χ1v) is 6.76. The van der Waals surface area contributed by atoms with Crippen molar-refractivity contribution < 1.29 is 14.4 Å². The molecule has 1 saturated heterocycles. The van der Waals surface area contributed by atoms with Gasteiger partial charge in [0.15, 0.2) is 5.92 Å². The molecule has 0 atom stereocenters. The number of aryl methyl sites for hydroxylation is 1. The van der Waals surface area contributed by atoms with Crippen molar-refractivity contribution in [2.45, 2.75) is 26.3 Å². The molecule has 8 heteroatoms. The van der Waals surface area contributed by atoms with E-state index in [0.717, 1.165) is 13.0 Å². The Bertz CT molecular complexity index is 544. The molecule has 1 aromatic heterocycles. The summed E-state index contributed by atoms with van der Waals surface area (Å²) in [7, 11) is 0. The van der Waals surface area contributed by atoms with E-state index < -0.39 is 23.8 Å². The van der Waals surface area contributed by atoms with E-state index in [2.05, 4.69) is 20.6 Å². The third kappa shape index (κ3) is 3.74. The second-order valence-corrected chi connectivity index (χ2v) is 4.62. The van der Waals surface area contributed by atoms with Gasteiger partial charge in [0, 0.05) is 31.2 Å². The Balaban J connectivity index is 1.94. The molecule has 8 nitrogen and oxygen atoms in total. The summed E-state index contributed by atoms with van der Waals surface area (Å²) in [6, 6.07) is -0.781. The second kappa shape index (κ2) is 6.78. The molecule has 2 N–H and O–H groups in total. The molecule has 0 aromatic carbocycles. The lowest BCUT2D eigenvalue weighted by atomic mass is 9.97. The lowest BCUT2D eigenvalue weighted by molar-refractivity contribution is -0.132. The smallest absolute Gasteiger partial charge is 0.328 e. The maximum Gasteiger partial charge on any atom is 0.328 e. The van der Waals surface area contributed by atoms with E-state index in [4.69, 9.17) is 0 Å². The van der Waals surface area contributed by atoms with Gasteiger partial charge in [-0.25, -0.2) is 9.78 Å². The molecule has 0 spiro atoms. The number of carbonyl (C=O) groups is 3. The summed E-state index contributed by atoms with van der Waals surface area (Å²) in [5.74, 6) is -2.24. The van der Waals surface area contributed by atoms with Crippen LogP contribution in [-0.2, 0) is 16.1 Å². The van der Waals surface area contributed by atoms with Gasteiger partial charge in [-0.2, -0.15) is 0 Å². The molecule has 2 rings (SSSR count). The highest BCUT2D eigenvalue weighted by molar-refractivity contribution is 6.27. The van der Waals surface area contributed by atoms with E-state index in [1.165, 1.54) is 0 Å². The zero-order valence-electron chi connectivity index (χ0n) is 11.7. The molecule has 0 aliphatic carbocycles. The average Bonchev–Trinajstić information content (AvgIpc) is 2.93. The summed E-state index contributed by atoms with van der Waals surface area (Å²) in [5.41, 5.74) is 0.489. The van der Waals surface area contributed by atoms with Crippen LogP contribution in [0.2, 0.25) is 0 Å². The minimum Gasteiger partial charge on any atom is -0.337 e. The van der Waals surface area contributed by atoms with Gasteiger partial charge in [-0.15, -0.1) is 0 Å². The molecule has 0 bridgehead atoms. The third-order valence-electron chi connectivity index (χ3n) is 3.14. The van der Waals surface area contributed by atoms with Crippen LogP contribution >= 0.6 is 0 Å². The van der Waals surface area contributed by atoms with Crippen molar-refractivity contribution in [2.75, 3.05) is 6.54 Å². The largest absolute Gasteiger partial charge is 0.337 e. The summed E-state index contributed by atoms with van der Waals surface area (Å²) in [6.45, 7) is 3.10. The maximum atomic E-state index is 11.7. The van der Waals surface area contributed by atoms with Gasteiger partial charge >= 0.3 is 6.03 Å². The number of barbiturate groups is 1. The summed E-state index contributed by atoms with van der Waals surface area (Å²) in [5, 5.41) is 4.17. The van der Waals surface area contributed by atoms with Crippen LogP contribution in [-0.4, -0.2) is 39.7 Å². The Morgan fingerprint density at radius 2 is 2.05 bits per heavy atom. The van der Waals surface area contributed by atoms with Crippen LogP contribution in [0.25, 0.3) is 0 Å². The van der Waals surface area contributed by atoms with Gasteiger partial charge in [0.25, 0.3) is 0 Å². The number of amides is 4. The zero-order chi connectivity index (χ0) is 15.2. The highest BCUT2D eigenvalue weighted by Gasteiger charge is 2.37. The first-order chi connectivity index (χ1) is 10.1. The second-order valence-electron chi connectivity index (χ2n) is 4.62. The third-order valence-corrected chi connectivity index (χ3v) is 3.14. The molecule has 4 amide bonds. The topological polar surface area (TPSA) is 105 Å². The van der Waals surface area contributed by atoms with Gasteiger partial charge < -0.3 is 4.57 Å². The fourth-order valence-corrected chi connectivity index (χ4v) is 2.12. The number of imide groups is 2. The number of rotatable bonds is 6. The number of hydrogen-bond acceptors (Lipinski definition) is 5. The Morgan fingerprint density at radius 1 is 1.33 bits per heavy atom. The van der Waals surface area contributed by atoms with E-state index in [0.29, 0.717) is 18.7 Å². The highest BCUT2D eigenvalue weighted by atomic mass is 16.2. The molecule has 1 aliphatic heterocycles. The monoisotopic (exact) mass is 291 g/mol. The first kappa shape index (κ1) is 14.9. The van der Waals surface area contributed by atoms with Gasteiger partial charge in [-0.3, -0.25) is 25.2 Å². The minimum atomic E-state index is -1.01. The number of hydrogen-bond donors (Lipinski definition) is 2. The molecule has 1 fully saturated rings. The molecule has 112 valence electrons. The Morgan fingerprint density at radius 3 is 2.62 bits per heavy atom. The molecule has 1 aliphatic rings. The summed E-state index contributed by atoms with van der Waals surface area (Å²) in [6.07, 6.45) is 6.53. The van der Waals surface area contributed by atoms with Crippen LogP contribution in [0.3, 0.4) is 0 Å². The zero-order valence-corrected chi connectivity index (χ0v) is 11.7. The fourth-order valence-electron chi connectivity index (χ4n) is 2.12. The van der Waals surface area contributed by atoms with Crippen LogP contribution < -0.4 is 10.6 Å². The molecule has 2 heterocycles. The van der Waals surface area contributed by atoms with Crippen molar-refractivity contribution in [3.05, 3.63) is 18.7 Å². The van der Waals surface area contributed by atoms with Crippen LogP contribution in [0.5, 0.6) is 0 Å². The van der Waals surface area contributed by atoms with Crippen LogP contribution in [0.15, 0.2) is 23.7 Å². The van der Waals surface area contributed by atoms with Gasteiger partial charge in [0.1, 0.15) is 0 Å². The molecule has 0 unspecified atom stereocenters. The lowest BCUT2D eigenvalue weighted by Gasteiger charge is -2.21. The van der Waals surface area contributed by atoms with E-state index in [9.17, 15) is 14.4 Å². The first-order valence-electron chi connectivity index (χ1n) is 6.76. The number of nitrogens with one attached hydrogen (secondary N) is 2. The number of aliphatic imine (C=N–C) groups is 1. The number of aromatic nitrogens is 2. The van der Waals surface area contributed by atoms with Crippen molar-refractivity contribution in [1.82, 2.24) is 20.2 Å². The van der Waals surface area contributed by atoms with Gasteiger partial charge in [0.05, 0.1) is 6.33 Å². The van der Waals surface area contributed by atoms with E-state index in [1.54, 1.807) is 12.5 Å². The number of imidazole rings is 1. The van der Waals surface area contributed by atoms with Crippen molar-refractivity contribution in [3.63, 3.8) is 0 Å². The van der Waals surface area contributed by atoms with Crippen LogP contribution in [0, 0.1) is 5.92 Å². The van der Waals surface area contributed by atoms with Crippen LogP contribution in [0.4, 0.5) is 4.79 Å². The molecule has 21 heavy (non-hydrogen) atoms. The average molecular weight is 291 g/mol. The summed E-state index contributed by atoms with van der Waals surface area (Å²) < 4.78 is 1.93. The van der Waals surface area contributed by atoms with Crippen molar-refractivity contribution in [1.29, 1.82) is 0 Å². The molecular weight excluding hydrogens is 274 g/mol. The Kier molecular flexibility index (Phi) is 4.81. The SMILES string of the molecule is CCC(=NCCCn1ccnc1)C1C(=O)NC(=O)NC1=O. The molecular formula is C13H17N5O3. The van der Waals surface area contributed by atoms with E-state index in [-0.39, 0.29) is 0 Å². The van der Waals surface area contributed by atoms with Crippen molar-refractivity contribution >= 4 is 23.6 Å². The lowest BCUT2D eigenvalue weighted by Crippen LogP contribution is -2.57. The summed E-state index contributed by atoms with van der Waals surface area (Å²) in [4.78, 5) is 42.8. The van der Waals surface area contributed by atoms with E-state index in [1.807, 2.05) is 17.7 Å². The minimum absolute atomic E-state index is 0.477. The van der Waals surface area contributed by atoms with Gasteiger partial charge in [-0.1, -0.05) is 6.92 Å². The molecule has 1 aromatic rings. The van der Waals surface area contributed by atoms with Crippen molar-refractivity contribution in [3.8, 4) is 0 Å². The quantitative estimate of drug-likeness (QED) is 0.440. The normalized spacial score (nSPS) is 16.8. The standard InChI is InChI=1S/C13H17N5O3/c1-2-9(10-11(19)16-13(21)17-12(10)20)15-4-3-6-18-7-5-14-8-18/h5,7-8,10H,2-4,6H2,1H3,(H2,16,17,19,20,21). The highest BCUT2D eigenvalue weighted by Crippen LogP contribution is 2.09. The Hall–Kier alpha value is -2.51. The number of carbonyl (C=O) groups excluding carboxylic acids is 3. The van der Waals surface area contributed by atoms with Gasteiger partial charge in [0.2, 0.25) is 11.8 Å². The number of nitrogens with zero attached hydrogens (tertiary/aromatic N) is 3. The van der Waals surface area contributed by atoms with Gasteiger partial charge in [-0.05, 0) is 12.8 Å². The maximum absolute atomic E-state index is 11.7. The van der Waals surface area contributed by atoms with E-state index >= 15 is 0 Å².